The van der Waals surface area contributed by atoms with E-state index in [-0.39, 0.29) is 29.2 Å². The number of aromatic nitrogens is 2. The molecule has 0 N–H and O–H groups in total. The predicted molar refractivity (Wildman–Crippen MR) is 122 cm³/mol. The van der Waals surface area contributed by atoms with E-state index >= 15 is 0 Å². The van der Waals surface area contributed by atoms with Gasteiger partial charge in [0.2, 0.25) is 11.8 Å². The molecular formula is C23H26N4O4S. The van der Waals surface area contributed by atoms with Crippen LogP contribution in [0.5, 0.6) is 5.88 Å². The first-order chi connectivity index (χ1) is 16.9. The number of hydrogen-bond donors (Lipinski definition) is 0. The second kappa shape index (κ2) is 10.2. The van der Waals surface area contributed by atoms with Crippen molar-refractivity contribution in [2.24, 2.45) is 0 Å². The fourth-order valence-electron chi connectivity index (χ4n) is 3.12. The van der Waals surface area contributed by atoms with Gasteiger partial charge in [0.05, 0.1) is 29.3 Å². The first-order valence-electron chi connectivity index (χ1n) is 11.8. The molecule has 0 radical (unpaired) electrons. The first kappa shape index (κ1) is 18.1. The number of rotatable bonds is 9. The number of anilines is 1. The van der Waals surface area contributed by atoms with Gasteiger partial charge in [0, 0.05) is 31.5 Å². The molecule has 3 rings (SSSR count). The molecule has 2 heterocycles. The second-order valence-electron chi connectivity index (χ2n) is 6.94. The number of amides is 1. The molecule has 0 spiro atoms. The van der Waals surface area contributed by atoms with E-state index in [9.17, 15) is 13.2 Å². The van der Waals surface area contributed by atoms with Crippen LogP contribution >= 0.6 is 0 Å². The molecule has 0 saturated heterocycles. The smallest absolute Gasteiger partial charge is 0.265 e. The maximum atomic E-state index is 13.7. The molecule has 32 heavy (non-hydrogen) atoms. The van der Waals surface area contributed by atoms with Gasteiger partial charge in [-0.3, -0.25) is 14.1 Å². The van der Waals surface area contributed by atoms with Crippen molar-refractivity contribution in [3.63, 3.8) is 0 Å². The summed E-state index contributed by atoms with van der Waals surface area (Å²) in [7, 11) is -6.91. The first-order valence-corrected chi connectivity index (χ1v) is 11.3. The van der Waals surface area contributed by atoms with Crippen molar-refractivity contribution in [3.05, 3.63) is 78.2 Å². The Hall–Kier alpha value is -3.46. The molecular weight excluding hydrogens is 428 g/mol. The summed E-state index contributed by atoms with van der Waals surface area (Å²) in [6.07, 6.45) is 2.74. The van der Waals surface area contributed by atoms with Crippen molar-refractivity contribution in [1.82, 2.24) is 14.9 Å². The Labute approximate surface area is 194 Å². The summed E-state index contributed by atoms with van der Waals surface area (Å²) in [4.78, 5) is 22.6. The molecule has 3 aromatic rings. The summed E-state index contributed by atoms with van der Waals surface area (Å²) in [5, 5.41) is 0. The zero-order valence-corrected chi connectivity index (χ0v) is 18.5. The molecule has 0 aliphatic heterocycles. The Bertz CT molecular complexity index is 1300. The van der Waals surface area contributed by atoms with Crippen molar-refractivity contribution < 1.29 is 23.4 Å². The lowest BCUT2D eigenvalue weighted by Gasteiger charge is -2.28. The molecule has 0 unspecified atom stereocenters. The van der Waals surface area contributed by atoms with Gasteiger partial charge >= 0.3 is 0 Å². The van der Waals surface area contributed by atoms with Gasteiger partial charge in [-0.05, 0) is 43.2 Å². The minimum atomic E-state index is -4.19. The average molecular weight is 463 g/mol. The lowest BCUT2D eigenvalue weighted by atomic mass is 10.2. The molecule has 1 aromatic carbocycles. The quantitative estimate of drug-likeness (QED) is 0.485. The van der Waals surface area contributed by atoms with E-state index in [1.54, 1.807) is 38.1 Å². The predicted octanol–water partition coefficient (Wildman–Crippen LogP) is 3.04. The van der Waals surface area contributed by atoms with Crippen LogP contribution in [0.3, 0.4) is 0 Å². The SMILES string of the molecule is [3H]c1ccc(CN(CC)C(=O)CN(c2ccc(OC([3H])([3H])[3H])nc2)S(=O)(=O)c2ccccc2C)cn1. The number of aryl methyl sites for hydroxylation is 1. The van der Waals surface area contributed by atoms with E-state index in [4.69, 9.17) is 10.2 Å². The molecule has 168 valence electrons. The van der Waals surface area contributed by atoms with Crippen LogP contribution in [-0.2, 0) is 21.4 Å². The molecule has 0 atom stereocenters. The number of hydrogen-bond acceptors (Lipinski definition) is 6. The highest BCUT2D eigenvalue weighted by Gasteiger charge is 2.30. The Morgan fingerprint density at radius 3 is 2.59 bits per heavy atom. The van der Waals surface area contributed by atoms with Crippen LogP contribution in [0.15, 0.2) is 72.0 Å². The maximum absolute atomic E-state index is 13.7. The largest absolute Gasteiger partial charge is 0.481 e. The summed E-state index contributed by atoms with van der Waals surface area (Å²) in [6.45, 7) is 3.40. The Morgan fingerprint density at radius 2 is 1.97 bits per heavy atom. The lowest BCUT2D eigenvalue weighted by molar-refractivity contribution is -0.129. The number of methoxy groups -OCH3 is 1. The third-order valence-electron chi connectivity index (χ3n) is 4.84. The fourth-order valence-corrected chi connectivity index (χ4v) is 4.75. The van der Waals surface area contributed by atoms with Gasteiger partial charge < -0.3 is 9.64 Å². The van der Waals surface area contributed by atoms with Crippen LogP contribution in [0.1, 0.15) is 23.5 Å². The highest BCUT2D eigenvalue weighted by Crippen LogP contribution is 2.26. The van der Waals surface area contributed by atoms with Gasteiger partial charge in [0.1, 0.15) is 6.54 Å². The lowest BCUT2D eigenvalue weighted by Crippen LogP contribution is -2.43. The van der Waals surface area contributed by atoms with E-state index in [1.807, 2.05) is 0 Å². The average Bonchev–Trinajstić information content (AvgIpc) is 2.81. The molecule has 2 aromatic heterocycles. The van der Waals surface area contributed by atoms with Crippen LogP contribution in [0.2, 0.25) is 0 Å². The Kier molecular flexibility index (Phi) is 5.80. The van der Waals surface area contributed by atoms with Gasteiger partial charge in [0.15, 0.2) is 0 Å². The minimum Gasteiger partial charge on any atom is -0.481 e. The number of nitrogens with zero attached hydrogens (tertiary/aromatic N) is 4. The number of sulfonamides is 1. The summed E-state index contributed by atoms with van der Waals surface area (Å²) >= 11 is 0. The number of ether oxygens (including phenoxy) is 1. The van der Waals surface area contributed by atoms with Crippen LogP contribution < -0.4 is 9.04 Å². The van der Waals surface area contributed by atoms with Crippen molar-refractivity contribution in [1.29, 1.82) is 0 Å². The normalized spacial score (nSPS) is 13.3. The minimum absolute atomic E-state index is 0.0268. The van der Waals surface area contributed by atoms with Crippen LogP contribution in [0.25, 0.3) is 0 Å². The molecule has 0 bridgehead atoms. The van der Waals surface area contributed by atoms with E-state index in [0.717, 1.165) is 10.5 Å². The second-order valence-corrected chi connectivity index (χ2v) is 8.77. The van der Waals surface area contributed by atoms with E-state index < -0.39 is 29.5 Å². The Balaban J connectivity index is 1.95. The van der Waals surface area contributed by atoms with Crippen LogP contribution in [0.4, 0.5) is 5.69 Å². The molecule has 0 saturated carbocycles. The van der Waals surface area contributed by atoms with Gasteiger partial charge in [-0.2, -0.15) is 0 Å². The van der Waals surface area contributed by atoms with Gasteiger partial charge in [0.25, 0.3) is 10.0 Å². The number of carbonyl (C=O) groups is 1. The van der Waals surface area contributed by atoms with Crippen molar-refractivity contribution in [3.8, 4) is 5.88 Å². The summed E-state index contributed by atoms with van der Waals surface area (Å²) < 4.78 is 62.2. The highest BCUT2D eigenvalue weighted by atomic mass is 32.2. The van der Waals surface area contributed by atoms with Crippen molar-refractivity contribution in [2.75, 3.05) is 24.4 Å². The molecule has 9 heteroatoms. The van der Waals surface area contributed by atoms with Crippen molar-refractivity contribution >= 4 is 21.6 Å². The molecule has 0 aliphatic rings. The number of carbonyl (C=O) groups excluding carboxylic acids is 1. The zero-order chi connectivity index (χ0) is 26.5. The fraction of sp³-hybridized carbons (Fsp3) is 0.261. The molecule has 1 amide bonds. The monoisotopic (exact) mass is 462 g/mol. The van der Waals surface area contributed by atoms with Crippen LogP contribution in [0, 0.1) is 6.92 Å². The topological polar surface area (TPSA) is 92.7 Å². The molecule has 0 fully saturated rings. The van der Waals surface area contributed by atoms with Crippen molar-refractivity contribution in [2.45, 2.75) is 25.3 Å². The van der Waals surface area contributed by atoms with Crippen LogP contribution in [-0.4, -0.2) is 49.3 Å². The van der Waals surface area contributed by atoms with Gasteiger partial charge in [-0.1, -0.05) is 24.3 Å². The van der Waals surface area contributed by atoms with Gasteiger partial charge in [-0.25, -0.2) is 13.4 Å². The maximum Gasteiger partial charge on any atom is 0.265 e. The molecule has 8 nitrogen and oxygen atoms in total. The van der Waals surface area contributed by atoms with E-state index in [0.29, 0.717) is 17.7 Å². The number of benzene rings is 1. The summed E-state index contributed by atoms with van der Waals surface area (Å²) in [5.41, 5.74) is 1.27. The summed E-state index contributed by atoms with van der Waals surface area (Å²) in [5.74, 6) is -0.675. The summed E-state index contributed by atoms with van der Waals surface area (Å²) in [6, 6.07) is 12.2. The zero-order valence-electron chi connectivity index (χ0n) is 21.7. The van der Waals surface area contributed by atoms with Gasteiger partial charge in [-0.15, -0.1) is 0 Å². The Morgan fingerprint density at radius 1 is 1.16 bits per heavy atom. The molecule has 0 aliphatic carbocycles. The number of likely N-dealkylation sites (N-methyl/N-ethyl adjacent to an activating group) is 1. The standard InChI is InChI=1S/C23H26N4O4S/c1-4-26(16-19-9-7-13-24-14-19)23(28)17-27(20-11-12-22(31-3)25-15-20)32(29,30)21-10-6-5-8-18(21)2/h5-15H,4,16-17H2,1-3H3/i3T3,13T. The van der Waals surface area contributed by atoms with E-state index in [1.165, 1.54) is 35.4 Å². The van der Waals surface area contributed by atoms with E-state index in [2.05, 4.69) is 9.97 Å². The number of pyridine rings is 2. The third-order valence-corrected chi connectivity index (χ3v) is 6.77. The highest BCUT2D eigenvalue weighted by molar-refractivity contribution is 7.93. The third kappa shape index (κ3) is 5.23.